The van der Waals surface area contributed by atoms with Gasteiger partial charge in [-0.15, -0.1) is 0 Å². The van der Waals surface area contributed by atoms with E-state index in [1.807, 2.05) is 30.8 Å². The van der Waals surface area contributed by atoms with Crippen LogP contribution in [0.1, 0.15) is 18.9 Å². The van der Waals surface area contributed by atoms with Gasteiger partial charge in [0, 0.05) is 32.1 Å². The predicted octanol–water partition coefficient (Wildman–Crippen LogP) is 2.45. The van der Waals surface area contributed by atoms with Crippen LogP contribution in [0.4, 0.5) is 10.5 Å². The fourth-order valence-electron chi connectivity index (χ4n) is 2.43. The minimum Gasteiger partial charge on any atom is -0.337 e. The number of rotatable bonds is 6. The van der Waals surface area contributed by atoms with Gasteiger partial charge in [0.25, 0.3) is 0 Å². The Balaban J connectivity index is 2.08. The summed E-state index contributed by atoms with van der Waals surface area (Å²) in [6, 6.07) is 3.55. The minimum absolute atomic E-state index is 0.0750. The molecule has 2 aromatic rings. The number of fused-ring (bicyclic) bond motifs is 1. The topological polar surface area (TPSA) is 68.1 Å². The lowest BCUT2D eigenvalue weighted by Gasteiger charge is -2.10. The number of benzene rings is 1. The molecule has 0 aliphatic heterocycles. The van der Waals surface area contributed by atoms with Crippen molar-refractivity contribution in [1.29, 1.82) is 0 Å². The van der Waals surface area contributed by atoms with Crippen molar-refractivity contribution in [3.05, 3.63) is 28.2 Å². The standard InChI is InChI=1S/C16H24N4O2S/c1-5-7-23-8-6-17-15(21)18-12-10-14-13(9-11(12)2)19(3)16(22)20(14)4/h9-10H,5-8H2,1-4H3,(H2,17,18,21). The lowest BCUT2D eigenvalue weighted by Crippen LogP contribution is -2.30. The molecule has 1 heterocycles. The number of imidazole rings is 1. The van der Waals surface area contributed by atoms with Gasteiger partial charge in [0.1, 0.15) is 0 Å². The molecule has 0 atom stereocenters. The monoisotopic (exact) mass is 336 g/mol. The van der Waals surface area contributed by atoms with Crippen molar-refractivity contribution in [2.24, 2.45) is 14.1 Å². The van der Waals surface area contributed by atoms with Crippen LogP contribution in [0.15, 0.2) is 16.9 Å². The van der Waals surface area contributed by atoms with Crippen molar-refractivity contribution in [3.8, 4) is 0 Å². The highest BCUT2D eigenvalue weighted by molar-refractivity contribution is 7.99. The second-order valence-corrected chi connectivity index (χ2v) is 6.77. The highest BCUT2D eigenvalue weighted by atomic mass is 32.2. The van der Waals surface area contributed by atoms with Crippen LogP contribution in [-0.2, 0) is 14.1 Å². The van der Waals surface area contributed by atoms with E-state index in [-0.39, 0.29) is 11.7 Å². The Bertz CT molecular complexity index is 764. The van der Waals surface area contributed by atoms with Gasteiger partial charge < -0.3 is 10.6 Å². The number of thioether (sulfide) groups is 1. The van der Waals surface area contributed by atoms with E-state index in [0.717, 1.165) is 40.2 Å². The SMILES string of the molecule is CCCSCCNC(=O)Nc1cc2c(cc1C)n(C)c(=O)n2C. The van der Waals surface area contributed by atoms with E-state index >= 15 is 0 Å². The molecule has 0 unspecified atom stereocenters. The van der Waals surface area contributed by atoms with E-state index in [0.29, 0.717) is 6.54 Å². The molecule has 2 N–H and O–H groups in total. The van der Waals surface area contributed by atoms with Crippen LogP contribution in [0.3, 0.4) is 0 Å². The summed E-state index contributed by atoms with van der Waals surface area (Å²) in [5.74, 6) is 2.02. The minimum atomic E-state index is -0.217. The molecule has 1 aromatic carbocycles. The summed E-state index contributed by atoms with van der Waals surface area (Å²) in [7, 11) is 3.48. The number of amides is 2. The lowest BCUT2D eigenvalue weighted by atomic mass is 10.1. The molecule has 23 heavy (non-hydrogen) atoms. The van der Waals surface area contributed by atoms with E-state index in [9.17, 15) is 9.59 Å². The first-order chi connectivity index (χ1) is 11.0. The molecule has 0 fully saturated rings. The summed E-state index contributed by atoms with van der Waals surface area (Å²) in [6.07, 6.45) is 1.14. The van der Waals surface area contributed by atoms with E-state index in [1.54, 1.807) is 23.2 Å². The Kier molecular flexibility index (Phi) is 5.76. The average molecular weight is 336 g/mol. The maximum absolute atomic E-state index is 12.0. The number of hydrogen-bond acceptors (Lipinski definition) is 3. The number of hydrogen-bond donors (Lipinski definition) is 2. The second-order valence-electron chi connectivity index (χ2n) is 5.55. The summed E-state index contributed by atoms with van der Waals surface area (Å²) in [6.45, 7) is 4.70. The molecule has 1 aromatic heterocycles. The van der Waals surface area contributed by atoms with E-state index < -0.39 is 0 Å². The van der Waals surface area contributed by atoms with Crippen LogP contribution in [0, 0.1) is 6.92 Å². The molecule has 2 amide bonds. The Hall–Kier alpha value is -1.89. The molecule has 6 nitrogen and oxygen atoms in total. The van der Waals surface area contributed by atoms with Crippen LogP contribution in [-0.4, -0.2) is 33.2 Å². The second kappa shape index (κ2) is 7.59. The quantitative estimate of drug-likeness (QED) is 0.796. The molecule has 0 saturated carbocycles. The smallest absolute Gasteiger partial charge is 0.328 e. The molecular formula is C16H24N4O2S. The molecule has 0 radical (unpaired) electrons. The first kappa shape index (κ1) is 17.5. The Morgan fingerprint density at radius 3 is 2.48 bits per heavy atom. The van der Waals surface area contributed by atoms with Gasteiger partial charge in [0.2, 0.25) is 0 Å². The zero-order chi connectivity index (χ0) is 17.0. The van der Waals surface area contributed by atoms with Crippen molar-refractivity contribution in [3.63, 3.8) is 0 Å². The predicted molar refractivity (Wildman–Crippen MR) is 97.5 cm³/mol. The lowest BCUT2D eigenvalue weighted by molar-refractivity contribution is 0.252. The molecule has 0 bridgehead atoms. The summed E-state index contributed by atoms with van der Waals surface area (Å²) < 4.78 is 3.19. The fourth-order valence-corrected chi connectivity index (χ4v) is 3.17. The number of aromatic nitrogens is 2. The highest BCUT2D eigenvalue weighted by Crippen LogP contribution is 2.22. The van der Waals surface area contributed by atoms with Crippen LogP contribution >= 0.6 is 11.8 Å². The molecular weight excluding hydrogens is 312 g/mol. The average Bonchev–Trinajstić information content (AvgIpc) is 2.72. The summed E-state index contributed by atoms with van der Waals surface area (Å²) >= 11 is 1.83. The van der Waals surface area contributed by atoms with Gasteiger partial charge in [-0.2, -0.15) is 11.8 Å². The number of urea groups is 1. The first-order valence-electron chi connectivity index (χ1n) is 7.74. The molecule has 126 valence electrons. The first-order valence-corrected chi connectivity index (χ1v) is 8.89. The van der Waals surface area contributed by atoms with Gasteiger partial charge in [0.05, 0.1) is 11.0 Å². The number of carbonyl (C=O) groups is 1. The van der Waals surface area contributed by atoms with Gasteiger partial charge in [-0.25, -0.2) is 9.59 Å². The Morgan fingerprint density at radius 2 is 1.83 bits per heavy atom. The molecule has 2 rings (SSSR count). The van der Waals surface area contributed by atoms with E-state index in [1.165, 1.54) is 0 Å². The number of nitrogens with zero attached hydrogens (tertiary/aromatic N) is 2. The molecule has 0 aliphatic rings. The third kappa shape index (κ3) is 3.90. The summed E-state index contributed by atoms with van der Waals surface area (Å²) in [5, 5.41) is 5.72. The van der Waals surface area contributed by atoms with Crippen LogP contribution in [0.5, 0.6) is 0 Å². The van der Waals surface area contributed by atoms with Crippen molar-refractivity contribution in [1.82, 2.24) is 14.5 Å². The Labute approximate surface area is 140 Å². The third-order valence-electron chi connectivity index (χ3n) is 3.75. The van der Waals surface area contributed by atoms with Crippen molar-refractivity contribution in [2.45, 2.75) is 20.3 Å². The molecule has 7 heteroatoms. The van der Waals surface area contributed by atoms with Gasteiger partial charge >= 0.3 is 11.7 Å². The van der Waals surface area contributed by atoms with Gasteiger partial charge in [-0.3, -0.25) is 9.13 Å². The maximum atomic E-state index is 12.0. The zero-order valence-corrected chi connectivity index (χ0v) is 14.9. The van der Waals surface area contributed by atoms with Gasteiger partial charge in [0.15, 0.2) is 0 Å². The van der Waals surface area contributed by atoms with E-state index in [4.69, 9.17) is 0 Å². The number of carbonyl (C=O) groups excluding carboxylic acids is 1. The largest absolute Gasteiger partial charge is 0.337 e. The number of aryl methyl sites for hydroxylation is 3. The van der Waals surface area contributed by atoms with Crippen LogP contribution in [0.2, 0.25) is 0 Å². The van der Waals surface area contributed by atoms with Crippen molar-refractivity contribution < 1.29 is 4.79 Å². The van der Waals surface area contributed by atoms with Crippen LogP contribution in [0.25, 0.3) is 11.0 Å². The zero-order valence-electron chi connectivity index (χ0n) is 14.1. The number of anilines is 1. The Morgan fingerprint density at radius 1 is 1.17 bits per heavy atom. The normalized spacial score (nSPS) is 11.0. The third-order valence-corrected chi connectivity index (χ3v) is 4.94. The summed E-state index contributed by atoms with van der Waals surface area (Å²) in [5.41, 5.74) is 3.23. The maximum Gasteiger partial charge on any atom is 0.328 e. The number of nitrogens with one attached hydrogen (secondary N) is 2. The van der Waals surface area contributed by atoms with E-state index in [2.05, 4.69) is 17.6 Å². The molecule has 0 spiro atoms. The molecule has 0 saturated heterocycles. The van der Waals surface area contributed by atoms with Crippen molar-refractivity contribution >= 4 is 34.5 Å². The van der Waals surface area contributed by atoms with Crippen LogP contribution < -0.4 is 16.3 Å². The molecule has 0 aliphatic carbocycles. The fraction of sp³-hybridized carbons (Fsp3) is 0.500. The van der Waals surface area contributed by atoms with Gasteiger partial charge in [-0.05, 0) is 36.8 Å². The summed E-state index contributed by atoms with van der Waals surface area (Å²) in [4.78, 5) is 24.0. The highest BCUT2D eigenvalue weighted by Gasteiger charge is 2.12. The van der Waals surface area contributed by atoms with Crippen molar-refractivity contribution in [2.75, 3.05) is 23.4 Å². The van der Waals surface area contributed by atoms with Gasteiger partial charge in [-0.1, -0.05) is 6.92 Å².